The SMILES string of the molecule is NC(=O)c1cc(Sc2nc(N)cc(N)n2)ccc1N. The second-order valence-electron chi connectivity index (χ2n) is 3.72. The van der Waals surface area contributed by atoms with Crippen molar-refractivity contribution in [2.75, 3.05) is 17.2 Å². The molecule has 0 spiro atoms. The summed E-state index contributed by atoms with van der Waals surface area (Å²) in [6.45, 7) is 0. The molecule has 0 bridgehead atoms. The lowest BCUT2D eigenvalue weighted by molar-refractivity contribution is 0.100. The highest BCUT2D eigenvalue weighted by Gasteiger charge is 2.09. The van der Waals surface area contributed by atoms with Crippen LogP contribution in [0.5, 0.6) is 0 Å². The van der Waals surface area contributed by atoms with E-state index in [4.69, 9.17) is 22.9 Å². The van der Waals surface area contributed by atoms with E-state index in [1.54, 1.807) is 18.2 Å². The number of anilines is 3. The van der Waals surface area contributed by atoms with Crippen LogP contribution in [0, 0.1) is 0 Å². The van der Waals surface area contributed by atoms with E-state index in [0.717, 1.165) is 0 Å². The first kappa shape index (κ1) is 13.0. The first-order valence-electron chi connectivity index (χ1n) is 5.23. The van der Waals surface area contributed by atoms with E-state index in [1.807, 2.05) is 0 Å². The Morgan fingerprint density at radius 2 is 1.68 bits per heavy atom. The number of carbonyl (C=O) groups excluding carboxylic acids is 1. The second-order valence-corrected chi connectivity index (χ2v) is 4.76. The van der Waals surface area contributed by atoms with Gasteiger partial charge in [-0.1, -0.05) is 0 Å². The van der Waals surface area contributed by atoms with E-state index in [-0.39, 0.29) is 17.2 Å². The molecule has 0 atom stereocenters. The maximum Gasteiger partial charge on any atom is 0.250 e. The molecule has 2 rings (SSSR count). The van der Waals surface area contributed by atoms with Crippen LogP contribution in [0.15, 0.2) is 34.3 Å². The van der Waals surface area contributed by atoms with Crippen molar-refractivity contribution >= 4 is 35.0 Å². The summed E-state index contributed by atoms with van der Waals surface area (Å²) in [6.07, 6.45) is 0. The van der Waals surface area contributed by atoms with Crippen LogP contribution in [-0.4, -0.2) is 15.9 Å². The lowest BCUT2D eigenvalue weighted by Crippen LogP contribution is -2.13. The zero-order valence-electron chi connectivity index (χ0n) is 9.83. The summed E-state index contributed by atoms with van der Waals surface area (Å²) in [7, 11) is 0. The van der Waals surface area contributed by atoms with Gasteiger partial charge in [-0.25, -0.2) is 9.97 Å². The average Bonchev–Trinajstić information content (AvgIpc) is 2.30. The number of primary amides is 1. The van der Waals surface area contributed by atoms with Crippen molar-refractivity contribution in [1.29, 1.82) is 0 Å². The van der Waals surface area contributed by atoms with E-state index >= 15 is 0 Å². The molecule has 1 amide bonds. The Bertz CT molecular complexity index is 625. The number of aromatic nitrogens is 2. The second kappa shape index (κ2) is 5.02. The van der Waals surface area contributed by atoms with Gasteiger partial charge in [-0.2, -0.15) is 0 Å². The number of hydrogen-bond donors (Lipinski definition) is 4. The van der Waals surface area contributed by atoms with Crippen molar-refractivity contribution in [3.05, 3.63) is 29.8 Å². The van der Waals surface area contributed by atoms with E-state index in [1.165, 1.54) is 17.8 Å². The largest absolute Gasteiger partial charge is 0.398 e. The van der Waals surface area contributed by atoms with Crippen LogP contribution in [0.1, 0.15) is 10.4 Å². The molecule has 1 aromatic heterocycles. The van der Waals surface area contributed by atoms with Crippen molar-refractivity contribution in [3.8, 4) is 0 Å². The van der Waals surface area contributed by atoms with Crippen molar-refractivity contribution in [3.63, 3.8) is 0 Å². The molecule has 7 nitrogen and oxygen atoms in total. The molecule has 2 aromatic rings. The minimum atomic E-state index is -0.590. The number of amides is 1. The molecule has 0 aliphatic carbocycles. The number of hydrogen-bond acceptors (Lipinski definition) is 7. The Morgan fingerprint density at radius 3 is 2.26 bits per heavy atom. The molecule has 98 valence electrons. The fourth-order valence-corrected chi connectivity index (χ4v) is 2.25. The zero-order chi connectivity index (χ0) is 14.0. The monoisotopic (exact) mass is 276 g/mol. The fourth-order valence-electron chi connectivity index (χ4n) is 1.43. The summed E-state index contributed by atoms with van der Waals surface area (Å²) in [6, 6.07) is 6.36. The number of carbonyl (C=O) groups is 1. The molecule has 0 aliphatic rings. The minimum absolute atomic E-state index is 0.252. The van der Waals surface area contributed by atoms with Gasteiger partial charge in [0.15, 0.2) is 5.16 Å². The highest BCUT2D eigenvalue weighted by Crippen LogP contribution is 2.28. The summed E-state index contributed by atoms with van der Waals surface area (Å²) in [5.74, 6) is -0.0332. The van der Waals surface area contributed by atoms with Gasteiger partial charge < -0.3 is 22.9 Å². The van der Waals surface area contributed by atoms with Crippen LogP contribution in [0.4, 0.5) is 17.3 Å². The third-order valence-electron chi connectivity index (χ3n) is 2.24. The van der Waals surface area contributed by atoms with Crippen molar-refractivity contribution in [2.24, 2.45) is 5.73 Å². The summed E-state index contributed by atoms with van der Waals surface area (Å²) in [4.78, 5) is 20.0. The maximum absolute atomic E-state index is 11.2. The summed E-state index contributed by atoms with van der Waals surface area (Å²) in [5, 5.41) is 0.387. The Kier molecular flexibility index (Phi) is 3.43. The summed E-state index contributed by atoms with van der Waals surface area (Å²) < 4.78 is 0. The van der Waals surface area contributed by atoms with Gasteiger partial charge in [0.1, 0.15) is 11.6 Å². The van der Waals surface area contributed by atoms with Crippen LogP contribution >= 0.6 is 11.8 Å². The van der Waals surface area contributed by atoms with Gasteiger partial charge in [-0.3, -0.25) is 4.79 Å². The summed E-state index contributed by atoms with van der Waals surface area (Å²) >= 11 is 1.21. The molecule has 8 heteroatoms. The standard InChI is InChI=1S/C11H12N6OS/c12-7-2-1-5(3-6(7)10(15)18)19-11-16-8(13)4-9(14)17-11/h1-4H,12H2,(H2,15,18)(H4,13,14,16,17). The van der Waals surface area contributed by atoms with Gasteiger partial charge in [0.25, 0.3) is 5.91 Å². The molecule has 0 saturated carbocycles. The molecule has 0 unspecified atom stereocenters. The normalized spacial score (nSPS) is 10.3. The number of rotatable bonds is 3. The van der Waals surface area contributed by atoms with Crippen LogP contribution < -0.4 is 22.9 Å². The lowest BCUT2D eigenvalue weighted by Gasteiger charge is -2.06. The Morgan fingerprint density at radius 1 is 1.05 bits per heavy atom. The quantitative estimate of drug-likeness (QED) is 0.470. The highest BCUT2D eigenvalue weighted by atomic mass is 32.2. The van der Waals surface area contributed by atoms with Gasteiger partial charge in [0.2, 0.25) is 0 Å². The molecular formula is C11H12N6OS. The lowest BCUT2D eigenvalue weighted by atomic mass is 10.2. The molecule has 1 heterocycles. The van der Waals surface area contributed by atoms with E-state index in [9.17, 15) is 4.79 Å². The van der Waals surface area contributed by atoms with Crippen LogP contribution in [-0.2, 0) is 0 Å². The minimum Gasteiger partial charge on any atom is -0.398 e. The molecule has 19 heavy (non-hydrogen) atoms. The van der Waals surface area contributed by atoms with Gasteiger partial charge >= 0.3 is 0 Å². The van der Waals surface area contributed by atoms with Crippen molar-refractivity contribution < 1.29 is 4.79 Å². The van der Waals surface area contributed by atoms with E-state index in [0.29, 0.717) is 15.7 Å². The molecule has 0 radical (unpaired) electrons. The third-order valence-corrected chi connectivity index (χ3v) is 3.10. The number of benzene rings is 1. The molecule has 8 N–H and O–H groups in total. The first-order chi connectivity index (χ1) is 8.95. The van der Waals surface area contributed by atoms with Gasteiger partial charge in [0, 0.05) is 16.6 Å². The van der Waals surface area contributed by atoms with Crippen LogP contribution in [0.2, 0.25) is 0 Å². The number of nitrogens with two attached hydrogens (primary N) is 4. The van der Waals surface area contributed by atoms with Gasteiger partial charge in [-0.15, -0.1) is 0 Å². The number of nitrogens with zero attached hydrogens (tertiary/aromatic N) is 2. The molecule has 0 saturated heterocycles. The first-order valence-corrected chi connectivity index (χ1v) is 6.04. The van der Waals surface area contributed by atoms with Gasteiger partial charge in [0.05, 0.1) is 5.56 Å². The predicted molar refractivity (Wildman–Crippen MR) is 74.4 cm³/mol. The molecule has 1 aromatic carbocycles. The smallest absolute Gasteiger partial charge is 0.250 e. The van der Waals surface area contributed by atoms with Gasteiger partial charge in [-0.05, 0) is 30.0 Å². The molecule has 0 aliphatic heterocycles. The number of nitrogen functional groups attached to an aromatic ring is 3. The van der Waals surface area contributed by atoms with E-state index in [2.05, 4.69) is 9.97 Å². The summed E-state index contributed by atoms with van der Waals surface area (Å²) in [5.41, 5.74) is 22.6. The topological polar surface area (TPSA) is 147 Å². The Labute approximate surface area is 113 Å². The van der Waals surface area contributed by atoms with Crippen molar-refractivity contribution in [2.45, 2.75) is 10.1 Å². The third kappa shape index (κ3) is 3.05. The predicted octanol–water partition coefficient (Wildman–Crippen LogP) is 0.473. The van der Waals surface area contributed by atoms with Crippen molar-refractivity contribution in [1.82, 2.24) is 9.97 Å². The highest BCUT2D eigenvalue weighted by molar-refractivity contribution is 7.99. The maximum atomic E-state index is 11.2. The Balaban J connectivity index is 2.33. The van der Waals surface area contributed by atoms with Crippen LogP contribution in [0.25, 0.3) is 0 Å². The average molecular weight is 276 g/mol. The Hall–Kier alpha value is -2.48. The van der Waals surface area contributed by atoms with E-state index < -0.39 is 5.91 Å². The molecule has 0 fully saturated rings. The molecular weight excluding hydrogens is 264 g/mol. The fraction of sp³-hybridized carbons (Fsp3) is 0. The van der Waals surface area contributed by atoms with Crippen LogP contribution in [0.3, 0.4) is 0 Å². The zero-order valence-corrected chi connectivity index (χ0v) is 10.6.